The molecular weight excluding hydrogens is 292 g/mol. The van der Waals surface area contributed by atoms with Gasteiger partial charge in [-0.15, -0.1) is 20.2 Å². The maximum atomic E-state index is 9.88. The molecule has 0 radical (unpaired) electrons. The van der Waals surface area contributed by atoms with Crippen molar-refractivity contribution in [2.75, 3.05) is 6.61 Å². The number of nitrogens with zero attached hydrogens (tertiary/aromatic N) is 2. The molecule has 0 aliphatic heterocycles. The van der Waals surface area contributed by atoms with Crippen molar-refractivity contribution in [1.29, 1.82) is 0 Å². The summed E-state index contributed by atoms with van der Waals surface area (Å²) in [4.78, 5) is 22.5. The Morgan fingerprint density at radius 3 is 1.41 bits per heavy atom. The highest BCUT2D eigenvalue weighted by Crippen LogP contribution is 2.11. The van der Waals surface area contributed by atoms with E-state index in [2.05, 4.69) is 11.8 Å². The van der Waals surface area contributed by atoms with E-state index in [0.717, 1.165) is 12.8 Å². The molecule has 22 heavy (non-hydrogen) atoms. The van der Waals surface area contributed by atoms with Crippen LogP contribution in [0.3, 0.4) is 0 Å². The molecule has 0 bridgehead atoms. The minimum atomic E-state index is -1.50. The average Bonchev–Trinajstić information content (AvgIpc) is 2.43. The lowest BCUT2D eigenvalue weighted by molar-refractivity contribution is -0.757. The molecule has 0 unspecified atom stereocenters. The lowest BCUT2D eigenvalue weighted by Gasteiger charge is -2.02. The Balaban J connectivity index is 0. The van der Waals surface area contributed by atoms with Crippen molar-refractivity contribution in [3.8, 4) is 0 Å². The molecule has 0 heterocycles. The van der Waals surface area contributed by atoms with Gasteiger partial charge in [-0.05, 0) is 6.42 Å². The zero-order valence-corrected chi connectivity index (χ0v) is 13.6. The molecule has 0 aromatic rings. The third kappa shape index (κ3) is 31.0. The van der Waals surface area contributed by atoms with Crippen LogP contribution in [0.4, 0.5) is 0 Å². The molecule has 0 rings (SSSR count). The predicted molar refractivity (Wildman–Crippen MR) is 82.8 cm³/mol. The second-order valence-corrected chi connectivity index (χ2v) is 5.18. The second kappa shape index (κ2) is 19.4. The van der Waals surface area contributed by atoms with Crippen LogP contribution < -0.4 is 0 Å². The van der Waals surface area contributed by atoms with Gasteiger partial charge in [-0.25, -0.2) is 0 Å². The molecule has 0 aliphatic rings. The van der Waals surface area contributed by atoms with Gasteiger partial charge in [-0.3, -0.25) is 0 Å². The molecule has 1 N–H and O–H groups in total. The largest absolute Gasteiger partial charge is 0.328 e. The first-order chi connectivity index (χ1) is 10.5. The Hall–Kier alpha value is -1.60. The third-order valence-corrected chi connectivity index (χ3v) is 3.19. The van der Waals surface area contributed by atoms with E-state index < -0.39 is 10.2 Å². The normalized spacial score (nSPS) is 9.68. The lowest BCUT2D eigenvalue weighted by Crippen LogP contribution is -2.01. The highest BCUT2D eigenvalue weighted by Gasteiger charge is 1.95. The van der Waals surface area contributed by atoms with E-state index in [4.69, 9.17) is 15.3 Å². The molecule has 0 aromatic heterocycles. The Morgan fingerprint density at radius 1 is 0.773 bits per heavy atom. The summed E-state index contributed by atoms with van der Waals surface area (Å²) in [5, 5.41) is 22.8. The summed E-state index contributed by atoms with van der Waals surface area (Å²) < 4.78 is 0. The van der Waals surface area contributed by atoms with Crippen LogP contribution >= 0.6 is 0 Å². The van der Waals surface area contributed by atoms with Gasteiger partial charge < -0.3 is 10.0 Å². The summed E-state index contributed by atoms with van der Waals surface area (Å²) in [6.45, 7) is 2.50. The smallest absolute Gasteiger partial charge is 0.294 e. The van der Waals surface area contributed by atoms with Crippen LogP contribution in [0.1, 0.15) is 84.0 Å². The molecular formula is C14H30N2O6. The van der Waals surface area contributed by atoms with E-state index in [1.54, 1.807) is 0 Å². The molecule has 8 heteroatoms. The molecule has 8 nitrogen and oxygen atoms in total. The maximum absolute atomic E-state index is 9.88. The van der Waals surface area contributed by atoms with Gasteiger partial charge in [-0.2, -0.15) is 0 Å². The van der Waals surface area contributed by atoms with E-state index in [1.165, 1.54) is 64.2 Å². The lowest BCUT2D eigenvalue weighted by atomic mass is 10.1. The molecule has 0 spiro atoms. The van der Waals surface area contributed by atoms with E-state index in [-0.39, 0.29) is 6.61 Å². The van der Waals surface area contributed by atoms with Crippen LogP contribution in [-0.4, -0.2) is 22.0 Å². The van der Waals surface area contributed by atoms with Gasteiger partial charge in [0.1, 0.15) is 0 Å². The highest BCUT2D eigenvalue weighted by molar-refractivity contribution is 4.48. The van der Waals surface area contributed by atoms with Gasteiger partial charge in [0.2, 0.25) is 0 Å². The number of unbranched alkanes of at least 4 members (excludes halogenated alkanes) is 11. The number of hydrogen-bond acceptors (Lipinski definition) is 5. The van der Waals surface area contributed by atoms with E-state index in [0.29, 0.717) is 0 Å². The molecule has 0 atom stereocenters. The van der Waals surface area contributed by atoms with Crippen molar-refractivity contribution >= 4 is 0 Å². The van der Waals surface area contributed by atoms with Crippen LogP contribution in [0.25, 0.3) is 0 Å². The van der Waals surface area contributed by atoms with Crippen molar-refractivity contribution in [3.05, 3.63) is 20.2 Å². The summed E-state index contributed by atoms with van der Waals surface area (Å²) >= 11 is 0. The fourth-order valence-corrected chi connectivity index (χ4v) is 2.08. The van der Waals surface area contributed by atoms with E-state index in [9.17, 15) is 10.1 Å². The summed E-state index contributed by atoms with van der Waals surface area (Å²) in [5.41, 5.74) is 0. The third-order valence-electron chi connectivity index (χ3n) is 3.19. The van der Waals surface area contributed by atoms with Gasteiger partial charge in [0.15, 0.2) is 0 Å². The SMILES string of the molecule is CCCCCCCCCCCCCCO[N+](=O)[O-].O=[N+]([O-])O. The first-order valence-corrected chi connectivity index (χ1v) is 8.11. The van der Waals surface area contributed by atoms with E-state index in [1.807, 2.05) is 0 Å². The average molecular weight is 322 g/mol. The van der Waals surface area contributed by atoms with Crippen molar-refractivity contribution in [2.45, 2.75) is 84.0 Å². The molecule has 132 valence electrons. The van der Waals surface area contributed by atoms with Gasteiger partial charge in [-0.1, -0.05) is 77.6 Å². The fourth-order valence-electron chi connectivity index (χ4n) is 2.08. The maximum Gasteiger partial charge on any atom is 0.294 e. The minimum Gasteiger partial charge on any atom is -0.328 e. The highest BCUT2D eigenvalue weighted by atomic mass is 16.9. The predicted octanol–water partition coefficient (Wildman–Crippen LogP) is 4.55. The summed E-state index contributed by atoms with van der Waals surface area (Å²) in [6, 6.07) is 0. The zero-order valence-electron chi connectivity index (χ0n) is 13.6. The van der Waals surface area contributed by atoms with Gasteiger partial charge in [0.25, 0.3) is 10.2 Å². The van der Waals surface area contributed by atoms with Crippen LogP contribution in [-0.2, 0) is 4.84 Å². The molecule has 0 aliphatic carbocycles. The molecule has 0 amide bonds. The summed E-state index contributed by atoms with van der Waals surface area (Å²) in [6.07, 6.45) is 15.2. The zero-order chi connectivity index (χ0) is 17.1. The topological polar surface area (TPSA) is 116 Å². The van der Waals surface area contributed by atoms with Crippen LogP contribution in [0.5, 0.6) is 0 Å². The molecule has 0 saturated heterocycles. The minimum absolute atomic E-state index is 0.254. The Kier molecular flexibility index (Phi) is 20.0. The Bertz CT molecular complexity index is 260. The van der Waals surface area contributed by atoms with Crippen molar-refractivity contribution in [3.63, 3.8) is 0 Å². The monoisotopic (exact) mass is 322 g/mol. The van der Waals surface area contributed by atoms with Gasteiger partial charge in [0, 0.05) is 0 Å². The molecule has 0 fully saturated rings. The Morgan fingerprint density at radius 2 is 1.09 bits per heavy atom. The first kappa shape index (κ1) is 22.7. The first-order valence-electron chi connectivity index (χ1n) is 8.11. The molecule has 0 aromatic carbocycles. The van der Waals surface area contributed by atoms with Crippen molar-refractivity contribution in [2.24, 2.45) is 0 Å². The van der Waals surface area contributed by atoms with Crippen LogP contribution in [0.2, 0.25) is 0 Å². The van der Waals surface area contributed by atoms with Crippen molar-refractivity contribution < 1.29 is 20.2 Å². The fraction of sp³-hybridized carbons (Fsp3) is 1.00. The van der Waals surface area contributed by atoms with Gasteiger partial charge in [0.05, 0.1) is 6.61 Å². The van der Waals surface area contributed by atoms with Crippen LogP contribution in [0, 0.1) is 20.2 Å². The number of rotatable bonds is 14. The van der Waals surface area contributed by atoms with Gasteiger partial charge >= 0.3 is 0 Å². The van der Waals surface area contributed by atoms with E-state index >= 15 is 0 Å². The van der Waals surface area contributed by atoms with Crippen molar-refractivity contribution in [1.82, 2.24) is 0 Å². The quantitative estimate of drug-likeness (QED) is 0.285. The Labute approximate surface area is 132 Å². The standard InChI is InChI=1S/C14H29NO3.HNO3/c1-2-3-4-5-6-7-8-9-10-11-12-13-14-18-15(16)17;2-1(3)4/h2-14H2,1H3;(H,2,3,4). The number of hydrogen-bond donors (Lipinski definition) is 1. The second-order valence-electron chi connectivity index (χ2n) is 5.18. The molecule has 0 saturated carbocycles. The van der Waals surface area contributed by atoms with Crippen LogP contribution in [0.15, 0.2) is 0 Å². The summed E-state index contributed by atoms with van der Waals surface area (Å²) in [7, 11) is 0. The summed E-state index contributed by atoms with van der Waals surface area (Å²) in [5.74, 6) is 0.